The van der Waals surface area contributed by atoms with Crippen LogP contribution in [0.3, 0.4) is 0 Å². The lowest BCUT2D eigenvalue weighted by Crippen LogP contribution is -2.39. The molecule has 0 amide bonds. The zero-order valence-electron chi connectivity index (χ0n) is 10.1. The highest BCUT2D eigenvalue weighted by Crippen LogP contribution is 2.34. The Morgan fingerprint density at radius 3 is 2.81 bits per heavy atom. The predicted octanol–water partition coefficient (Wildman–Crippen LogP) is 2.01. The van der Waals surface area contributed by atoms with Crippen molar-refractivity contribution in [3.63, 3.8) is 0 Å². The number of nitrogens with zero attached hydrogens (tertiary/aromatic N) is 1. The van der Waals surface area contributed by atoms with E-state index >= 15 is 0 Å². The molecule has 1 fully saturated rings. The zero-order valence-corrected chi connectivity index (χ0v) is 10.9. The first-order chi connectivity index (χ1) is 7.74. The Morgan fingerprint density at radius 1 is 1.50 bits per heavy atom. The van der Waals surface area contributed by atoms with Gasteiger partial charge in [-0.3, -0.25) is 0 Å². The lowest BCUT2D eigenvalue weighted by atomic mass is 9.77. The van der Waals surface area contributed by atoms with Crippen molar-refractivity contribution in [3.05, 3.63) is 16.1 Å². The van der Waals surface area contributed by atoms with Gasteiger partial charge in [0.2, 0.25) is 0 Å². The Bertz CT molecular complexity index is 326. The standard InChI is InChI=1S/C12H20N2OS/c1-10-8-16-11(14-10)7-12(9-13-2)3-5-15-6-4-12/h8,13H,3-7,9H2,1-2H3. The second kappa shape index (κ2) is 5.25. The highest BCUT2D eigenvalue weighted by atomic mass is 32.1. The third-order valence-corrected chi connectivity index (χ3v) is 4.26. The number of hydrogen-bond acceptors (Lipinski definition) is 4. The molecule has 2 rings (SSSR count). The maximum absolute atomic E-state index is 5.47. The molecular weight excluding hydrogens is 220 g/mol. The molecular formula is C12H20N2OS. The maximum atomic E-state index is 5.47. The quantitative estimate of drug-likeness (QED) is 0.874. The van der Waals surface area contributed by atoms with Crippen molar-refractivity contribution in [2.75, 3.05) is 26.8 Å². The number of ether oxygens (including phenoxy) is 1. The average molecular weight is 240 g/mol. The van der Waals surface area contributed by atoms with Crippen molar-refractivity contribution >= 4 is 11.3 Å². The van der Waals surface area contributed by atoms with Crippen LogP contribution in [-0.2, 0) is 11.2 Å². The van der Waals surface area contributed by atoms with Crippen LogP contribution in [0, 0.1) is 12.3 Å². The minimum absolute atomic E-state index is 0.358. The van der Waals surface area contributed by atoms with Crippen molar-refractivity contribution < 1.29 is 4.74 Å². The van der Waals surface area contributed by atoms with Gasteiger partial charge in [0.05, 0.1) is 5.01 Å². The number of aromatic nitrogens is 1. The number of aryl methyl sites for hydroxylation is 1. The molecule has 1 aromatic heterocycles. The van der Waals surface area contributed by atoms with Crippen LogP contribution >= 0.6 is 11.3 Å². The van der Waals surface area contributed by atoms with E-state index in [2.05, 4.69) is 22.6 Å². The first-order valence-corrected chi connectivity index (χ1v) is 6.75. The van der Waals surface area contributed by atoms with Gasteiger partial charge in [-0.05, 0) is 32.2 Å². The van der Waals surface area contributed by atoms with Gasteiger partial charge >= 0.3 is 0 Å². The normalized spacial score (nSPS) is 19.9. The van der Waals surface area contributed by atoms with E-state index in [-0.39, 0.29) is 0 Å². The van der Waals surface area contributed by atoms with Gasteiger partial charge in [0.15, 0.2) is 0 Å². The molecule has 0 radical (unpaired) electrons. The summed E-state index contributed by atoms with van der Waals surface area (Å²) in [6, 6.07) is 0. The lowest BCUT2D eigenvalue weighted by Gasteiger charge is -2.36. The SMILES string of the molecule is CNCC1(Cc2nc(C)cs2)CCOCC1. The summed E-state index contributed by atoms with van der Waals surface area (Å²) in [7, 11) is 2.03. The van der Waals surface area contributed by atoms with Gasteiger partial charge in [0, 0.05) is 37.3 Å². The Balaban J connectivity index is 2.06. The fourth-order valence-corrected chi connectivity index (χ4v) is 3.35. The lowest BCUT2D eigenvalue weighted by molar-refractivity contribution is 0.0158. The van der Waals surface area contributed by atoms with Crippen molar-refractivity contribution in [2.24, 2.45) is 5.41 Å². The van der Waals surface area contributed by atoms with Crippen LogP contribution in [0.4, 0.5) is 0 Å². The van der Waals surface area contributed by atoms with E-state index in [4.69, 9.17) is 4.74 Å². The van der Waals surface area contributed by atoms with Crippen molar-refractivity contribution in [3.8, 4) is 0 Å². The summed E-state index contributed by atoms with van der Waals surface area (Å²) in [4.78, 5) is 4.58. The smallest absolute Gasteiger partial charge is 0.0934 e. The van der Waals surface area contributed by atoms with E-state index in [0.717, 1.165) is 44.7 Å². The number of hydrogen-bond donors (Lipinski definition) is 1. The Kier molecular flexibility index (Phi) is 3.95. The second-order valence-electron chi connectivity index (χ2n) is 4.70. The third kappa shape index (κ3) is 2.81. The van der Waals surface area contributed by atoms with Crippen LogP contribution in [0.15, 0.2) is 5.38 Å². The van der Waals surface area contributed by atoms with Gasteiger partial charge in [-0.2, -0.15) is 0 Å². The third-order valence-electron chi connectivity index (χ3n) is 3.30. The van der Waals surface area contributed by atoms with Gasteiger partial charge in [0.1, 0.15) is 0 Å². The fourth-order valence-electron chi connectivity index (χ4n) is 2.40. The molecule has 1 aromatic rings. The molecule has 90 valence electrons. The number of thiazole rings is 1. The first kappa shape index (κ1) is 12.0. The van der Waals surface area contributed by atoms with Crippen molar-refractivity contribution in [2.45, 2.75) is 26.2 Å². The number of nitrogens with one attached hydrogen (secondary N) is 1. The van der Waals surface area contributed by atoms with Gasteiger partial charge < -0.3 is 10.1 Å². The van der Waals surface area contributed by atoms with Gasteiger partial charge in [-0.25, -0.2) is 4.98 Å². The fraction of sp³-hybridized carbons (Fsp3) is 0.750. The molecule has 1 saturated heterocycles. The molecule has 3 nitrogen and oxygen atoms in total. The Labute approximate surface area is 101 Å². The molecule has 0 atom stereocenters. The highest BCUT2D eigenvalue weighted by Gasteiger charge is 2.32. The van der Waals surface area contributed by atoms with Crippen LogP contribution in [-0.4, -0.2) is 31.8 Å². The maximum Gasteiger partial charge on any atom is 0.0934 e. The summed E-state index contributed by atoms with van der Waals surface area (Å²) >= 11 is 1.79. The van der Waals surface area contributed by atoms with E-state index in [0.29, 0.717) is 5.41 Å². The molecule has 0 unspecified atom stereocenters. The van der Waals surface area contributed by atoms with Crippen LogP contribution in [0.2, 0.25) is 0 Å². The van der Waals surface area contributed by atoms with Crippen LogP contribution < -0.4 is 5.32 Å². The van der Waals surface area contributed by atoms with E-state index in [1.165, 1.54) is 5.01 Å². The molecule has 0 aromatic carbocycles. The molecule has 16 heavy (non-hydrogen) atoms. The van der Waals surface area contributed by atoms with E-state index < -0.39 is 0 Å². The minimum atomic E-state index is 0.358. The zero-order chi connectivity index (χ0) is 11.4. The topological polar surface area (TPSA) is 34.2 Å². The average Bonchev–Trinajstić information content (AvgIpc) is 2.65. The first-order valence-electron chi connectivity index (χ1n) is 5.87. The summed E-state index contributed by atoms with van der Waals surface area (Å²) in [5.41, 5.74) is 1.50. The molecule has 0 bridgehead atoms. The molecule has 0 saturated carbocycles. The van der Waals surface area contributed by atoms with E-state index in [1.54, 1.807) is 11.3 Å². The Morgan fingerprint density at radius 2 is 2.25 bits per heavy atom. The summed E-state index contributed by atoms with van der Waals surface area (Å²) < 4.78 is 5.47. The minimum Gasteiger partial charge on any atom is -0.381 e. The molecule has 1 aliphatic heterocycles. The van der Waals surface area contributed by atoms with Crippen LogP contribution in [0.25, 0.3) is 0 Å². The predicted molar refractivity (Wildman–Crippen MR) is 67.0 cm³/mol. The van der Waals surface area contributed by atoms with E-state index in [9.17, 15) is 0 Å². The van der Waals surface area contributed by atoms with Crippen molar-refractivity contribution in [1.29, 1.82) is 0 Å². The van der Waals surface area contributed by atoms with Crippen molar-refractivity contribution in [1.82, 2.24) is 10.3 Å². The summed E-state index contributed by atoms with van der Waals surface area (Å²) in [6.45, 7) is 4.92. The van der Waals surface area contributed by atoms with Crippen LogP contribution in [0.5, 0.6) is 0 Å². The van der Waals surface area contributed by atoms with Gasteiger partial charge in [-0.15, -0.1) is 11.3 Å². The van der Waals surface area contributed by atoms with Gasteiger partial charge in [0.25, 0.3) is 0 Å². The molecule has 4 heteroatoms. The Hall–Kier alpha value is -0.450. The largest absolute Gasteiger partial charge is 0.381 e. The monoisotopic (exact) mass is 240 g/mol. The summed E-state index contributed by atoms with van der Waals surface area (Å²) in [5.74, 6) is 0. The van der Waals surface area contributed by atoms with Crippen LogP contribution in [0.1, 0.15) is 23.5 Å². The molecule has 1 N–H and O–H groups in total. The summed E-state index contributed by atoms with van der Waals surface area (Å²) in [6.07, 6.45) is 3.38. The number of rotatable bonds is 4. The van der Waals surface area contributed by atoms with Gasteiger partial charge in [-0.1, -0.05) is 0 Å². The van der Waals surface area contributed by atoms with E-state index in [1.807, 2.05) is 7.05 Å². The highest BCUT2D eigenvalue weighted by molar-refractivity contribution is 7.09. The molecule has 2 heterocycles. The summed E-state index contributed by atoms with van der Waals surface area (Å²) in [5, 5.41) is 6.74. The second-order valence-corrected chi connectivity index (χ2v) is 5.64. The molecule has 1 aliphatic rings. The molecule has 0 spiro atoms. The molecule has 0 aliphatic carbocycles.